The van der Waals surface area contributed by atoms with Gasteiger partial charge in [0.15, 0.2) is 0 Å². The smallest absolute Gasteiger partial charge is 0.248 e. The van der Waals surface area contributed by atoms with Crippen molar-refractivity contribution in [3.05, 3.63) is 46.3 Å². The topological polar surface area (TPSA) is 42.1 Å². The van der Waals surface area contributed by atoms with Crippen LogP contribution in [0.15, 0.2) is 35.1 Å². The molecule has 86 valence electrons. The molecule has 0 unspecified atom stereocenters. The van der Waals surface area contributed by atoms with E-state index in [0.29, 0.717) is 0 Å². The first-order chi connectivity index (χ1) is 8.03. The number of ether oxygens (including phenoxy) is 1. The molecule has 0 saturated heterocycles. The number of fused-ring (bicyclic) bond motifs is 2. The summed E-state index contributed by atoms with van der Waals surface area (Å²) in [4.78, 5) is 14.1. The molecule has 0 fully saturated rings. The summed E-state index contributed by atoms with van der Waals surface area (Å²) in [5.41, 5.74) is 1.46. The lowest BCUT2D eigenvalue weighted by atomic mass is 10.0. The van der Waals surface area contributed by atoms with E-state index < -0.39 is 0 Å². The second kappa shape index (κ2) is 3.23. The van der Waals surface area contributed by atoms with Crippen LogP contribution in [0.25, 0.3) is 17.0 Å². The Morgan fingerprint density at radius 2 is 2.06 bits per heavy atom. The highest BCUT2D eigenvalue weighted by Gasteiger charge is 2.21. The molecular formula is C14H13NO2. The van der Waals surface area contributed by atoms with Crippen molar-refractivity contribution in [3.8, 4) is 5.75 Å². The van der Waals surface area contributed by atoms with Crippen molar-refractivity contribution in [1.82, 2.24) is 4.98 Å². The Morgan fingerprint density at radius 3 is 2.88 bits per heavy atom. The molecule has 17 heavy (non-hydrogen) atoms. The normalized spacial score (nSPS) is 16.6. The molecule has 0 spiro atoms. The van der Waals surface area contributed by atoms with Gasteiger partial charge in [-0.05, 0) is 37.4 Å². The average Bonchev–Trinajstić information content (AvgIpc) is 2.25. The molecule has 1 aromatic carbocycles. The first kappa shape index (κ1) is 10.1. The third kappa shape index (κ3) is 1.73. The number of benzene rings is 1. The van der Waals surface area contributed by atoms with E-state index in [1.165, 1.54) is 6.07 Å². The number of aromatic amines is 1. The van der Waals surface area contributed by atoms with Crippen LogP contribution in [0, 0.1) is 0 Å². The van der Waals surface area contributed by atoms with Crippen molar-refractivity contribution in [2.24, 2.45) is 0 Å². The van der Waals surface area contributed by atoms with Crippen LogP contribution in [0.3, 0.4) is 0 Å². The molecule has 0 amide bonds. The van der Waals surface area contributed by atoms with Crippen molar-refractivity contribution in [2.75, 3.05) is 0 Å². The molecule has 0 saturated carbocycles. The van der Waals surface area contributed by atoms with Crippen LogP contribution in [0.2, 0.25) is 0 Å². The minimum Gasteiger partial charge on any atom is -0.483 e. The van der Waals surface area contributed by atoms with Crippen LogP contribution in [-0.4, -0.2) is 10.6 Å². The number of hydrogen-bond acceptors (Lipinski definition) is 2. The van der Waals surface area contributed by atoms with Gasteiger partial charge in [-0.2, -0.15) is 0 Å². The maximum atomic E-state index is 11.3. The molecule has 1 aliphatic heterocycles. The third-order valence-corrected chi connectivity index (χ3v) is 2.89. The molecule has 0 aliphatic carbocycles. The van der Waals surface area contributed by atoms with Crippen molar-refractivity contribution < 1.29 is 4.74 Å². The summed E-state index contributed by atoms with van der Waals surface area (Å²) in [7, 11) is 0. The molecule has 3 nitrogen and oxygen atoms in total. The van der Waals surface area contributed by atoms with E-state index in [1.807, 2.05) is 38.1 Å². The van der Waals surface area contributed by atoms with Gasteiger partial charge in [0.1, 0.15) is 11.4 Å². The first-order valence-electron chi connectivity index (χ1n) is 5.59. The van der Waals surface area contributed by atoms with Gasteiger partial charge in [-0.1, -0.05) is 6.08 Å². The van der Waals surface area contributed by atoms with Gasteiger partial charge < -0.3 is 9.72 Å². The predicted octanol–water partition coefficient (Wildman–Crippen LogP) is 2.71. The van der Waals surface area contributed by atoms with Crippen molar-refractivity contribution in [3.63, 3.8) is 0 Å². The second-order valence-electron chi connectivity index (χ2n) is 4.84. The fourth-order valence-corrected chi connectivity index (χ4v) is 2.03. The zero-order valence-corrected chi connectivity index (χ0v) is 9.78. The lowest BCUT2D eigenvalue weighted by Crippen LogP contribution is -2.27. The summed E-state index contributed by atoms with van der Waals surface area (Å²) in [6.07, 6.45) is 4.09. The standard InChI is InChI=1S/C14H13NO2/c1-14(2)6-5-10-7-9-3-4-13(16)15-11(9)8-12(10)17-14/h3-8H,1-2H3,(H,15,16). The SMILES string of the molecule is CC1(C)C=Cc2cc3ccc(=O)[nH]c3cc2O1. The van der Waals surface area contributed by atoms with Gasteiger partial charge in [-0.15, -0.1) is 0 Å². The molecule has 1 aromatic heterocycles. The zero-order chi connectivity index (χ0) is 12.0. The minimum atomic E-state index is -0.296. The van der Waals surface area contributed by atoms with Crippen molar-refractivity contribution >= 4 is 17.0 Å². The molecule has 0 bridgehead atoms. The van der Waals surface area contributed by atoms with Gasteiger partial charge in [0.2, 0.25) is 5.56 Å². The molecule has 3 heteroatoms. The fraction of sp³-hybridized carbons (Fsp3) is 0.214. The Hall–Kier alpha value is -2.03. The molecule has 1 N–H and O–H groups in total. The minimum absolute atomic E-state index is 0.0944. The quantitative estimate of drug-likeness (QED) is 0.751. The van der Waals surface area contributed by atoms with E-state index in [1.54, 1.807) is 0 Å². The lowest BCUT2D eigenvalue weighted by Gasteiger charge is -2.28. The summed E-state index contributed by atoms with van der Waals surface area (Å²) >= 11 is 0. The average molecular weight is 227 g/mol. The highest BCUT2D eigenvalue weighted by Crippen LogP contribution is 2.33. The number of aromatic nitrogens is 1. The van der Waals surface area contributed by atoms with E-state index >= 15 is 0 Å². The molecule has 0 atom stereocenters. The summed E-state index contributed by atoms with van der Waals surface area (Å²) < 4.78 is 5.86. The van der Waals surface area contributed by atoms with Crippen molar-refractivity contribution in [1.29, 1.82) is 0 Å². The van der Waals surface area contributed by atoms with E-state index in [-0.39, 0.29) is 11.2 Å². The van der Waals surface area contributed by atoms with Crippen LogP contribution in [0.4, 0.5) is 0 Å². The number of rotatable bonds is 0. The monoisotopic (exact) mass is 227 g/mol. The maximum Gasteiger partial charge on any atom is 0.248 e. The van der Waals surface area contributed by atoms with Gasteiger partial charge in [0.25, 0.3) is 0 Å². The molecule has 1 aliphatic rings. The Bertz CT molecular complexity index is 680. The first-order valence-corrected chi connectivity index (χ1v) is 5.59. The maximum absolute atomic E-state index is 11.3. The highest BCUT2D eigenvalue weighted by molar-refractivity contribution is 5.84. The Balaban J connectivity index is 2.27. The van der Waals surface area contributed by atoms with Gasteiger partial charge in [0, 0.05) is 17.7 Å². The molecular weight excluding hydrogens is 214 g/mol. The zero-order valence-electron chi connectivity index (χ0n) is 9.78. The van der Waals surface area contributed by atoms with Crippen LogP contribution in [0.1, 0.15) is 19.4 Å². The van der Waals surface area contributed by atoms with E-state index in [9.17, 15) is 4.79 Å². The van der Waals surface area contributed by atoms with E-state index in [4.69, 9.17) is 4.74 Å². The Kier molecular flexibility index (Phi) is 1.93. The molecule has 3 rings (SSSR count). The number of pyridine rings is 1. The van der Waals surface area contributed by atoms with Crippen LogP contribution in [-0.2, 0) is 0 Å². The summed E-state index contributed by atoms with van der Waals surface area (Å²) in [5, 5.41) is 1.01. The van der Waals surface area contributed by atoms with Crippen LogP contribution < -0.4 is 10.3 Å². The summed E-state index contributed by atoms with van der Waals surface area (Å²) in [6, 6.07) is 7.26. The van der Waals surface area contributed by atoms with Crippen molar-refractivity contribution in [2.45, 2.75) is 19.4 Å². The lowest BCUT2D eigenvalue weighted by molar-refractivity contribution is 0.159. The Morgan fingerprint density at radius 1 is 1.24 bits per heavy atom. The summed E-state index contributed by atoms with van der Waals surface area (Å²) in [5.74, 6) is 0.812. The van der Waals surface area contributed by atoms with Gasteiger partial charge in [0.05, 0.1) is 5.52 Å². The second-order valence-corrected chi connectivity index (χ2v) is 4.84. The number of hydrogen-bond donors (Lipinski definition) is 1. The molecule has 2 heterocycles. The Labute approximate surface area is 98.7 Å². The fourth-order valence-electron chi connectivity index (χ4n) is 2.03. The third-order valence-electron chi connectivity index (χ3n) is 2.89. The van der Waals surface area contributed by atoms with E-state index in [0.717, 1.165) is 22.2 Å². The highest BCUT2D eigenvalue weighted by atomic mass is 16.5. The van der Waals surface area contributed by atoms with Crippen LogP contribution in [0.5, 0.6) is 5.75 Å². The molecule has 2 aromatic rings. The van der Waals surface area contributed by atoms with Gasteiger partial charge in [-0.3, -0.25) is 4.79 Å². The van der Waals surface area contributed by atoms with Gasteiger partial charge >= 0.3 is 0 Å². The largest absolute Gasteiger partial charge is 0.483 e. The summed E-state index contributed by atoms with van der Waals surface area (Å²) in [6.45, 7) is 4.01. The number of H-pyrrole nitrogens is 1. The molecule has 0 radical (unpaired) electrons. The van der Waals surface area contributed by atoms with Crippen LogP contribution >= 0.6 is 0 Å². The predicted molar refractivity (Wildman–Crippen MR) is 68.3 cm³/mol. The van der Waals surface area contributed by atoms with Gasteiger partial charge in [-0.25, -0.2) is 0 Å². The number of nitrogens with one attached hydrogen (secondary N) is 1. The van der Waals surface area contributed by atoms with E-state index in [2.05, 4.69) is 11.1 Å².